The highest BCUT2D eigenvalue weighted by Crippen LogP contribution is 2.29. The van der Waals surface area contributed by atoms with Gasteiger partial charge in [0.15, 0.2) is 0 Å². The molecule has 0 atom stereocenters. The van der Waals surface area contributed by atoms with E-state index in [0.29, 0.717) is 16.9 Å². The molecule has 0 spiro atoms. The standard InChI is InChI=1S/C21H24N4O3S/c1-23(2)20-12-11-18(29(27,28)24(3)4)15-19(20)22-21(26)16-7-9-17(10-8-16)25-13-5-6-14-25/h5-15H,1-4H3,(H,22,26). The van der Waals surface area contributed by atoms with E-state index in [1.165, 1.54) is 26.2 Å². The van der Waals surface area contributed by atoms with Gasteiger partial charge in [0.1, 0.15) is 0 Å². The number of nitrogens with one attached hydrogen (secondary N) is 1. The van der Waals surface area contributed by atoms with Gasteiger partial charge in [0.05, 0.1) is 16.3 Å². The van der Waals surface area contributed by atoms with E-state index < -0.39 is 10.0 Å². The third-order valence-electron chi connectivity index (χ3n) is 4.51. The quantitative estimate of drug-likeness (QED) is 0.675. The Hall–Kier alpha value is -3.10. The number of nitrogens with zero attached hydrogens (tertiary/aromatic N) is 3. The minimum atomic E-state index is -3.61. The van der Waals surface area contributed by atoms with Crippen LogP contribution in [0.5, 0.6) is 0 Å². The molecule has 0 fully saturated rings. The van der Waals surface area contributed by atoms with Crippen LogP contribution in [0, 0.1) is 0 Å². The Labute approximate surface area is 171 Å². The van der Waals surface area contributed by atoms with E-state index in [-0.39, 0.29) is 10.8 Å². The highest BCUT2D eigenvalue weighted by molar-refractivity contribution is 7.89. The summed E-state index contributed by atoms with van der Waals surface area (Å²) in [5, 5.41) is 2.84. The fraction of sp³-hybridized carbons (Fsp3) is 0.190. The summed E-state index contributed by atoms with van der Waals surface area (Å²) < 4.78 is 28.0. The smallest absolute Gasteiger partial charge is 0.255 e. The predicted octanol–water partition coefficient (Wildman–Crippen LogP) is 3.05. The molecule has 1 heterocycles. The van der Waals surface area contributed by atoms with Gasteiger partial charge in [-0.1, -0.05) is 0 Å². The lowest BCUT2D eigenvalue weighted by molar-refractivity contribution is 0.102. The number of benzene rings is 2. The van der Waals surface area contributed by atoms with Gasteiger partial charge >= 0.3 is 0 Å². The van der Waals surface area contributed by atoms with E-state index in [1.807, 2.05) is 60.2 Å². The van der Waals surface area contributed by atoms with Crippen LogP contribution in [0.4, 0.5) is 11.4 Å². The number of carbonyl (C=O) groups is 1. The van der Waals surface area contributed by atoms with E-state index in [4.69, 9.17) is 0 Å². The van der Waals surface area contributed by atoms with E-state index in [1.54, 1.807) is 18.2 Å². The Bertz CT molecular complexity index is 1100. The molecule has 0 aliphatic carbocycles. The number of rotatable bonds is 6. The van der Waals surface area contributed by atoms with Crippen LogP contribution in [0.3, 0.4) is 0 Å². The summed E-state index contributed by atoms with van der Waals surface area (Å²) in [5.41, 5.74) is 2.56. The molecule has 152 valence electrons. The first-order chi connectivity index (χ1) is 13.7. The van der Waals surface area contributed by atoms with Crippen LogP contribution in [0.1, 0.15) is 10.4 Å². The van der Waals surface area contributed by atoms with Crippen LogP contribution >= 0.6 is 0 Å². The maximum absolute atomic E-state index is 12.8. The molecule has 7 nitrogen and oxygen atoms in total. The molecule has 3 aromatic rings. The van der Waals surface area contributed by atoms with Crippen molar-refractivity contribution in [3.05, 3.63) is 72.6 Å². The van der Waals surface area contributed by atoms with Crippen LogP contribution in [0.25, 0.3) is 5.69 Å². The monoisotopic (exact) mass is 412 g/mol. The van der Waals surface area contributed by atoms with Gasteiger partial charge in [0.2, 0.25) is 10.0 Å². The lowest BCUT2D eigenvalue weighted by atomic mass is 10.1. The Kier molecular flexibility index (Phi) is 5.76. The molecule has 0 saturated heterocycles. The van der Waals surface area contributed by atoms with Crippen molar-refractivity contribution in [2.75, 3.05) is 38.4 Å². The number of amides is 1. The number of carbonyl (C=O) groups excluding carboxylic acids is 1. The van der Waals surface area contributed by atoms with Gasteiger partial charge in [-0.15, -0.1) is 0 Å². The molecule has 0 radical (unpaired) electrons. The van der Waals surface area contributed by atoms with Gasteiger partial charge in [-0.25, -0.2) is 12.7 Å². The van der Waals surface area contributed by atoms with Crippen molar-refractivity contribution >= 4 is 27.3 Å². The van der Waals surface area contributed by atoms with Crippen molar-refractivity contribution in [1.82, 2.24) is 8.87 Å². The van der Waals surface area contributed by atoms with E-state index in [9.17, 15) is 13.2 Å². The normalized spacial score (nSPS) is 11.5. The second kappa shape index (κ2) is 8.10. The maximum atomic E-state index is 12.8. The summed E-state index contributed by atoms with van der Waals surface area (Å²) in [5.74, 6) is -0.313. The van der Waals surface area contributed by atoms with Crippen molar-refractivity contribution < 1.29 is 13.2 Å². The lowest BCUT2D eigenvalue weighted by Gasteiger charge is -2.20. The summed E-state index contributed by atoms with van der Waals surface area (Å²) in [4.78, 5) is 14.7. The van der Waals surface area contributed by atoms with Gasteiger partial charge in [0.25, 0.3) is 5.91 Å². The highest BCUT2D eigenvalue weighted by atomic mass is 32.2. The van der Waals surface area contributed by atoms with E-state index in [0.717, 1.165) is 9.99 Å². The average molecular weight is 413 g/mol. The Morgan fingerprint density at radius 3 is 2.10 bits per heavy atom. The summed E-state index contributed by atoms with van der Waals surface area (Å²) in [7, 11) is 2.99. The summed E-state index contributed by atoms with van der Waals surface area (Å²) in [6.45, 7) is 0. The Morgan fingerprint density at radius 2 is 1.55 bits per heavy atom. The molecule has 29 heavy (non-hydrogen) atoms. The second-order valence-corrected chi connectivity index (χ2v) is 9.10. The number of sulfonamides is 1. The van der Waals surface area contributed by atoms with Crippen LogP contribution in [0.15, 0.2) is 71.9 Å². The fourth-order valence-corrected chi connectivity index (χ4v) is 3.79. The molecule has 1 amide bonds. The van der Waals surface area contributed by atoms with Crippen molar-refractivity contribution in [1.29, 1.82) is 0 Å². The zero-order valence-corrected chi connectivity index (χ0v) is 17.6. The second-order valence-electron chi connectivity index (χ2n) is 6.95. The zero-order chi connectivity index (χ0) is 21.2. The summed E-state index contributed by atoms with van der Waals surface area (Å²) in [6.07, 6.45) is 3.85. The third-order valence-corrected chi connectivity index (χ3v) is 6.32. The van der Waals surface area contributed by atoms with Crippen LogP contribution in [-0.4, -0.2) is 51.4 Å². The first-order valence-corrected chi connectivity index (χ1v) is 10.4. The highest BCUT2D eigenvalue weighted by Gasteiger charge is 2.20. The maximum Gasteiger partial charge on any atom is 0.255 e. The van der Waals surface area contributed by atoms with Crippen molar-refractivity contribution in [3.8, 4) is 5.69 Å². The average Bonchev–Trinajstić information content (AvgIpc) is 3.22. The predicted molar refractivity (Wildman–Crippen MR) is 115 cm³/mol. The minimum absolute atomic E-state index is 0.117. The van der Waals surface area contributed by atoms with Crippen molar-refractivity contribution in [2.45, 2.75) is 4.90 Å². The Morgan fingerprint density at radius 1 is 0.931 bits per heavy atom. The molecule has 0 aliphatic rings. The van der Waals surface area contributed by atoms with Crippen LogP contribution in [0.2, 0.25) is 0 Å². The topological polar surface area (TPSA) is 74.7 Å². The van der Waals surface area contributed by atoms with Gasteiger partial charge < -0.3 is 14.8 Å². The SMILES string of the molecule is CN(C)c1ccc(S(=O)(=O)N(C)C)cc1NC(=O)c1ccc(-n2cccc2)cc1. The van der Waals surface area contributed by atoms with Gasteiger partial charge in [-0.2, -0.15) is 0 Å². The van der Waals surface area contributed by atoms with Crippen molar-refractivity contribution in [3.63, 3.8) is 0 Å². The summed E-state index contributed by atoms with van der Waals surface area (Å²) in [6, 6.07) is 15.7. The molecule has 1 N–H and O–H groups in total. The molecule has 0 unspecified atom stereocenters. The fourth-order valence-electron chi connectivity index (χ4n) is 2.86. The number of hydrogen-bond donors (Lipinski definition) is 1. The van der Waals surface area contributed by atoms with Gasteiger partial charge in [-0.05, 0) is 54.6 Å². The molecule has 1 aromatic heterocycles. The third kappa shape index (κ3) is 4.33. The first kappa shape index (κ1) is 20.6. The van der Waals surface area contributed by atoms with Crippen LogP contribution in [-0.2, 0) is 10.0 Å². The van der Waals surface area contributed by atoms with Gasteiger partial charge in [-0.3, -0.25) is 4.79 Å². The van der Waals surface area contributed by atoms with E-state index in [2.05, 4.69) is 5.32 Å². The molecule has 8 heteroatoms. The summed E-state index contributed by atoms with van der Waals surface area (Å²) >= 11 is 0. The molecule has 2 aromatic carbocycles. The molecule has 0 aliphatic heterocycles. The van der Waals surface area contributed by atoms with E-state index >= 15 is 0 Å². The van der Waals surface area contributed by atoms with Crippen LogP contribution < -0.4 is 10.2 Å². The molecule has 0 saturated carbocycles. The Balaban J connectivity index is 1.90. The lowest BCUT2D eigenvalue weighted by Crippen LogP contribution is -2.23. The van der Waals surface area contributed by atoms with Crippen molar-refractivity contribution in [2.24, 2.45) is 0 Å². The number of anilines is 2. The minimum Gasteiger partial charge on any atom is -0.376 e. The number of hydrogen-bond acceptors (Lipinski definition) is 4. The largest absolute Gasteiger partial charge is 0.376 e. The molecule has 0 bridgehead atoms. The first-order valence-electron chi connectivity index (χ1n) is 8.99. The molecular formula is C21H24N4O3S. The number of aromatic nitrogens is 1. The zero-order valence-electron chi connectivity index (χ0n) is 16.8. The molecular weight excluding hydrogens is 388 g/mol. The molecule has 3 rings (SSSR count). The van der Waals surface area contributed by atoms with Gasteiger partial charge in [0, 0.05) is 51.8 Å².